The van der Waals surface area contributed by atoms with Crippen LogP contribution in [-0.2, 0) is 55.9 Å². The molecule has 16 nitrogen and oxygen atoms in total. The number of cyclic esters (lactones) is 1. The topological polar surface area (TPSA) is 221 Å². The predicted octanol–water partition coefficient (Wildman–Crippen LogP) is 1.69. The van der Waals surface area contributed by atoms with Gasteiger partial charge in [-0.1, -0.05) is 109 Å². The van der Waals surface area contributed by atoms with E-state index in [-0.39, 0.29) is 25.8 Å². The molecule has 8 atom stereocenters. The van der Waals surface area contributed by atoms with Crippen LogP contribution >= 0.6 is 0 Å². The maximum atomic E-state index is 14.6. The number of fused-ring (bicyclic) bond motifs is 1. The van der Waals surface area contributed by atoms with E-state index >= 15 is 0 Å². The molecule has 2 fully saturated rings. The molecule has 0 bridgehead atoms. The molecule has 2 aromatic carbocycles. The van der Waals surface area contributed by atoms with E-state index in [0.717, 1.165) is 5.56 Å². The highest BCUT2D eigenvalue weighted by Crippen LogP contribution is 2.21. The lowest BCUT2D eigenvalue weighted by molar-refractivity contribution is -0.157. The fraction of sp³-hybridized carbons (Fsp3) is 0.556. The molecule has 0 aromatic heterocycles. The molecule has 7 amide bonds. The minimum absolute atomic E-state index is 0.00291. The summed E-state index contributed by atoms with van der Waals surface area (Å²) in [5.74, 6) is -6.75. The zero-order valence-electron chi connectivity index (χ0n) is 36.5. The quantitative estimate of drug-likeness (QED) is 0.181. The molecule has 0 saturated carbocycles. The Labute approximate surface area is 358 Å². The number of esters is 1. The van der Waals surface area contributed by atoms with Crippen LogP contribution in [0.15, 0.2) is 60.7 Å². The summed E-state index contributed by atoms with van der Waals surface area (Å²) in [6, 6.07) is 9.56. The molecule has 2 aliphatic heterocycles. The van der Waals surface area contributed by atoms with E-state index in [0.29, 0.717) is 18.4 Å². The zero-order chi connectivity index (χ0) is 45.0. The second kappa shape index (κ2) is 22.2. The van der Waals surface area contributed by atoms with Crippen molar-refractivity contribution in [1.29, 1.82) is 0 Å². The van der Waals surface area contributed by atoms with E-state index in [4.69, 9.17) is 4.74 Å². The Balaban J connectivity index is 1.76. The molecule has 2 aliphatic rings. The van der Waals surface area contributed by atoms with Crippen LogP contribution in [0, 0.1) is 17.8 Å². The molecule has 4 rings (SSSR count). The minimum Gasteiger partial charge on any atom is -0.458 e. The van der Waals surface area contributed by atoms with Gasteiger partial charge in [0.15, 0.2) is 0 Å². The second-order valence-electron chi connectivity index (χ2n) is 17.0. The first kappa shape index (κ1) is 47.9. The van der Waals surface area contributed by atoms with E-state index < -0.39 is 113 Å². The Bertz CT molecular complexity index is 1870. The number of carbonyl (C=O) groups excluding carboxylic acids is 8. The van der Waals surface area contributed by atoms with Gasteiger partial charge in [0.25, 0.3) is 0 Å². The molecule has 16 heteroatoms. The van der Waals surface area contributed by atoms with E-state index in [2.05, 4.69) is 31.9 Å². The first-order chi connectivity index (χ1) is 28.9. The van der Waals surface area contributed by atoms with Gasteiger partial charge in [0, 0.05) is 13.0 Å². The van der Waals surface area contributed by atoms with Gasteiger partial charge in [-0.05, 0) is 55.1 Å². The molecule has 6 N–H and O–H groups in total. The first-order valence-electron chi connectivity index (χ1n) is 21.3. The maximum absolute atomic E-state index is 14.6. The number of amides is 7. The van der Waals surface area contributed by atoms with Gasteiger partial charge in [-0.2, -0.15) is 0 Å². The lowest BCUT2D eigenvalue weighted by Crippen LogP contribution is -2.62. The lowest BCUT2D eigenvalue weighted by atomic mass is 10.0. The van der Waals surface area contributed by atoms with Crippen LogP contribution in [0.4, 0.5) is 0 Å². The SMILES string of the molecule is CCC1NC(=O)[C@H](C(C)C)NC(=O)[C@@H]2CCCN2C(=O)[C@H](Cc2ccccc2)NC(=O)C(NC(=O)[C@@H](NC(=O)Cc2ccccc2)C(C)C)[C@@H](C)OC(=O)C(C(C)C)NC1=O. The average molecular weight is 846 g/mol. The minimum atomic E-state index is -1.60. The number of nitrogens with zero attached hydrogens (tertiary/aromatic N) is 1. The fourth-order valence-electron chi connectivity index (χ4n) is 7.47. The third kappa shape index (κ3) is 13.1. The average Bonchev–Trinajstić information content (AvgIpc) is 3.71. The smallest absolute Gasteiger partial charge is 0.329 e. The van der Waals surface area contributed by atoms with Crippen molar-refractivity contribution in [3.8, 4) is 0 Å². The fourth-order valence-corrected chi connectivity index (χ4v) is 7.47. The van der Waals surface area contributed by atoms with Crippen molar-refractivity contribution in [2.24, 2.45) is 17.8 Å². The summed E-state index contributed by atoms with van der Waals surface area (Å²) in [6.45, 7) is 13.6. The van der Waals surface area contributed by atoms with Crippen molar-refractivity contribution in [3.63, 3.8) is 0 Å². The molecule has 3 unspecified atom stereocenters. The van der Waals surface area contributed by atoms with E-state index in [1.54, 1.807) is 103 Å². The predicted molar refractivity (Wildman–Crippen MR) is 227 cm³/mol. The van der Waals surface area contributed by atoms with Crippen LogP contribution in [0.5, 0.6) is 0 Å². The van der Waals surface area contributed by atoms with Crippen molar-refractivity contribution in [2.75, 3.05) is 6.54 Å². The van der Waals surface area contributed by atoms with Crippen molar-refractivity contribution in [1.82, 2.24) is 36.8 Å². The van der Waals surface area contributed by atoms with Gasteiger partial charge in [-0.25, -0.2) is 4.79 Å². The molecule has 0 radical (unpaired) electrons. The Morgan fingerprint density at radius 1 is 0.738 bits per heavy atom. The lowest BCUT2D eigenvalue weighted by Gasteiger charge is -2.32. The summed E-state index contributed by atoms with van der Waals surface area (Å²) in [4.78, 5) is 113. The molecule has 2 heterocycles. The van der Waals surface area contributed by atoms with Crippen LogP contribution in [0.1, 0.15) is 85.8 Å². The summed E-state index contributed by atoms with van der Waals surface area (Å²) in [5, 5.41) is 16.5. The molecular formula is C45H63N7O9. The molecule has 2 saturated heterocycles. The summed E-state index contributed by atoms with van der Waals surface area (Å²) in [6.07, 6.45) is -0.459. The standard InChI is InChI=1S/C45H63N7O9/c1-9-31-39(54)50-37(27(6)7)45(60)61-28(8)38(51-42(57)35(25(2)3)48-34(53)24-30-19-14-11-15-20-30)43(58)47-32(23-29-17-12-10-13-18-29)44(59)52-22-16-21-33(52)40(55)49-36(26(4)5)41(56)46-31/h10-15,17-20,25-28,31-33,35-38H,9,16,21-24H2,1-8H3,(H,46,56)(H,47,58)(H,48,53)(H,49,55)(H,50,54)(H,51,57)/t28-,31?,32+,33+,35+,36+,37?,38?/m1/s1. The van der Waals surface area contributed by atoms with Gasteiger partial charge in [0.2, 0.25) is 41.4 Å². The number of benzene rings is 2. The second-order valence-corrected chi connectivity index (χ2v) is 17.0. The van der Waals surface area contributed by atoms with E-state index in [1.807, 2.05) is 6.07 Å². The maximum Gasteiger partial charge on any atom is 0.329 e. The van der Waals surface area contributed by atoms with Crippen molar-refractivity contribution in [3.05, 3.63) is 71.8 Å². The Hall–Kier alpha value is -5.80. The van der Waals surface area contributed by atoms with Crippen LogP contribution in [0.2, 0.25) is 0 Å². The summed E-state index contributed by atoms with van der Waals surface area (Å²) in [7, 11) is 0. The monoisotopic (exact) mass is 845 g/mol. The Kier molecular flexibility index (Phi) is 17.4. The van der Waals surface area contributed by atoms with Crippen LogP contribution < -0.4 is 31.9 Å². The van der Waals surface area contributed by atoms with Crippen molar-refractivity contribution in [2.45, 2.75) is 136 Å². The van der Waals surface area contributed by atoms with Gasteiger partial charge < -0.3 is 41.5 Å². The van der Waals surface area contributed by atoms with Crippen LogP contribution in [0.3, 0.4) is 0 Å². The highest BCUT2D eigenvalue weighted by molar-refractivity contribution is 5.98. The van der Waals surface area contributed by atoms with Crippen LogP contribution in [-0.4, -0.2) is 107 Å². The molecule has 61 heavy (non-hydrogen) atoms. The third-order valence-electron chi connectivity index (χ3n) is 11.1. The third-order valence-corrected chi connectivity index (χ3v) is 11.1. The van der Waals surface area contributed by atoms with Gasteiger partial charge in [0.1, 0.15) is 48.4 Å². The van der Waals surface area contributed by atoms with Crippen molar-refractivity contribution < 1.29 is 43.1 Å². The summed E-state index contributed by atoms with van der Waals surface area (Å²) in [5.41, 5.74) is 1.42. The highest BCUT2D eigenvalue weighted by atomic mass is 16.5. The van der Waals surface area contributed by atoms with Gasteiger partial charge in [-0.3, -0.25) is 33.6 Å². The summed E-state index contributed by atoms with van der Waals surface area (Å²) >= 11 is 0. The first-order valence-corrected chi connectivity index (χ1v) is 21.3. The van der Waals surface area contributed by atoms with Crippen LogP contribution in [0.25, 0.3) is 0 Å². The van der Waals surface area contributed by atoms with Gasteiger partial charge >= 0.3 is 5.97 Å². The molecule has 332 valence electrons. The molecule has 2 aromatic rings. The highest BCUT2D eigenvalue weighted by Gasteiger charge is 2.42. The van der Waals surface area contributed by atoms with Crippen molar-refractivity contribution >= 4 is 47.3 Å². The normalized spacial score (nSPS) is 25.2. The number of rotatable bonds is 11. The number of nitrogens with one attached hydrogen (secondary N) is 6. The Morgan fingerprint density at radius 2 is 1.31 bits per heavy atom. The summed E-state index contributed by atoms with van der Waals surface area (Å²) < 4.78 is 5.87. The molecular weight excluding hydrogens is 783 g/mol. The number of hydrogen-bond donors (Lipinski definition) is 6. The van der Waals surface area contributed by atoms with E-state index in [1.165, 1.54) is 11.8 Å². The largest absolute Gasteiger partial charge is 0.458 e. The van der Waals surface area contributed by atoms with E-state index in [9.17, 15) is 38.4 Å². The number of hydrogen-bond acceptors (Lipinski definition) is 9. The van der Waals surface area contributed by atoms with Gasteiger partial charge in [0.05, 0.1) is 6.42 Å². The number of carbonyl (C=O) groups is 8. The molecule has 0 spiro atoms. The zero-order valence-corrected chi connectivity index (χ0v) is 36.5. The molecule has 0 aliphatic carbocycles. The Morgan fingerprint density at radius 3 is 1.89 bits per heavy atom. The van der Waals surface area contributed by atoms with Gasteiger partial charge in [-0.15, -0.1) is 0 Å². The number of ether oxygens (including phenoxy) is 1.